The highest BCUT2D eigenvalue weighted by atomic mass is 16.1. The highest BCUT2D eigenvalue weighted by molar-refractivity contribution is 5.94. The summed E-state index contributed by atoms with van der Waals surface area (Å²) in [5.41, 5.74) is 0.655. The minimum absolute atomic E-state index is 0.0389. The van der Waals surface area contributed by atoms with Gasteiger partial charge in [-0.05, 0) is 30.4 Å². The second-order valence-corrected chi connectivity index (χ2v) is 5.64. The number of carbonyl (C=O) groups excluding carboxylic acids is 1. The van der Waals surface area contributed by atoms with Crippen molar-refractivity contribution >= 4 is 11.7 Å². The van der Waals surface area contributed by atoms with Gasteiger partial charge in [0.15, 0.2) is 0 Å². The minimum atomic E-state index is -0.0389. The van der Waals surface area contributed by atoms with Crippen molar-refractivity contribution in [2.45, 2.75) is 34.1 Å². The molecule has 1 rings (SSSR count). The number of nitrogens with zero attached hydrogens (tertiary/aromatic N) is 1. The normalized spacial score (nSPS) is 10.8. The summed E-state index contributed by atoms with van der Waals surface area (Å²) < 4.78 is 0. The number of rotatable bonds is 7. The Morgan fingerprint density at radius 2 is 2.00 bits per heavy atom. The van der Waals surface area contributed by atoms with Crippen LogP contribution in [0.5, 0.6) is 0 Å². The van der Waals surface area contributed by atoms with Gasteiger partial charge in [0, 0.05) is 24.8 Å². The van der Waals surface area contributed by atoms with Crippen LogP contribution in [0.4, 0.5) is 5.82 Å². The van der Waals surface area contributed by atoms with E-state index < -0.39 is 0 Å². The summed E-state index contributed by atoms with van der Waals surface area (Å²) in [6, 6.07) is 3.54. The lowest BCUT2D eigenvalue weighted by Gasteiger charge is -2.10. The van der Waals surface area contributed by atoms with E-state index in [4.69, 9.17) is 0 Å². The van der Waals surface area contributed by atoms with Crippen LogP contribution in [-0.4, -0.2) is 24.0 Å². The molecule has 0 aliphatic heterocycles. The maximum Gasteiger partial charge on any atom is 0.251 e. The molecule has 4 heteroatoms. The molecule has 4 nitrogen and oxygen atoms in total. The maximum atomic E-state index is 11.9. The fourth-order valence-corrected chi connectivity index (χ4v) is 1.56. The molecule has 1 amide bonds. The van der Waals surface area contributed by atoms with E-state index in [2.05, 4.69) is 43.3 Å². The first-order chi connectivity index (χ1) is 8.99. The molecular weight excluding hydrogens is 238 g/mol. The molecule has 0 atom stereocenters. The Bertz CT molecular complexity index is 402. The first-order valence-electron chi connectivity index (χ1n) is 6.97. The van der Waals surface area contributed by atoms with Crippen molar-refractivity contribution in [3.8, 4) is 0 Å². The number of anilines is 1. The Morgan fingerprint density at radius 3 is 2.63 bits per heavy atom. The summed E-state index contributed by atoms with van der Waals surface area (Å²) in [5, 5.41) is 6.15. The second-order valence-electron chi connectivity index (χ2n) is 5.64. The summed E-state index contributed by atoms with van der Waals surface area (Å²) in [6.45, 7) is 10.1. The van der Waals surface area contributed by atoms with Crippen molar-refractivity contribution in [2.75, 3.05) is 18.4 Å². The summed E-state index contributed by atoms with van der Waals surface area (Å²) >= 11 is 0. The van der Waals surface area contributed by atoms with Gasteiger partial charge in [0.25, 0.3) is 5.91 Å². The third-order valence-corrected chi connectivity index (χ3v) is 2.72. The molecule has 0 spiro atoms. The van der Waals surface area contributed by atoms with Gasteiger partial charge in [0.1, 0.15) is 5.82 Å². The predicted molar refractivity (Wildman–Crippen MR) is 79.4 cm³/mol. The Hall–Kier alpha value is -1.58. The molecule has 1 aromatic heterocycles. The lowest BCUT2D eigenvalue weighted by Crippen LogP contribution is -2.27. The van der Waals surface area contributed by atoms with Crippen molar-refractivity contribution in [3.63, 3.8) is 0 Å². The number of carbonyl (C=O) groups is 1. The molecule has 106 valence electrons. The van der Waals surface area contributed by atoms with Crippen molar-refractivity contribution in [3.05, 3.63) is 23.9 Å². The van der Waals surface area contributed by atoms with Crippen molar-refractivity contribution < 1.29 is 4.79 Å². The number of amides is 1. The molecular formula is C15H25N3O. The standard InChI is InChI=1S/C15H25N3O/c1-11(2)5-7-16-14-9-13(6-8-17-14)15(19)18-10-12(3)4/h6,8-9,11-12H,5,7,10H2,1-4H3,(H,16,17)(H,18,19). The highest BCUT2D eigenvalue weighted by Crippen LogP contribution is 2.08. The summed E-state index contributed by atoms with van der Waals surface area (Å²) in [6.07, 6.45) is 2.76. The van der Waals surface area contributed by atoms with Crippen LogP contribution >= 0.6 is 0 Å². The Labute approximate surface area is 116 Å². The van der Waals surface area contributed by atoms with E-state index in [9.17, 15) is 4.79 Å². The topological polar surface area (TPSA) is 54.0 Å². The van der Waals surface area contributed by atoms with Crippen LogP contribution in [0, 0.1) is 11.8 Å². The van der Waals surface area contributed by atoms with Gasteiger partial charge in [-0.25, -0.2) is 4.98 Å². The van der Waals surface area contributed by atoms with Gasteiger partial charge in [-0.3, -0.25) is 4.79 Å². The molecule has 0 aromatic carbocycles. The zero-order chi connectivity index (χ0) is 14.3. The van der Waals surface area contributed by atoms with Crippen molar-refractivity contribution in [2.24, 2.45) is 11.8 Å². The SMILES string of the molecule is CC(C)CCNc1cc(C(=O)NCC(C)C)ccn1. The Balaban J connectivity index is 2.53. The molecule has 0 aliphatic carbocycles. The van der Waals surface area contributed by atoms with Crippen LogP contribution in [0.15, 0.2) is 18.3 Å². The minimum Gasteiger partial charge on any atom is -0.370 e. The van der Waals surface area contributed by atoms with Crippen LogP contribution in [0.25, 0.3) is 0 Å². The van der Waals surface area contributed by atoms with Gasteiger partial charge in [-0.15, -0.1) is 0 Å². The monoisotopic (exact) mass is 263 g/mol. The van der Waals surface area contributed by atoms with E-state index in [1.54, 1.807) is 18.3 Å². The Morgan fingerprint density at radius 1 is 1.26 bits per heavy atom. The van der Waals surface area contributed by atoms with Gasteiger partial charge >= 0.3 is 0 Å². The lowest BCUT2D eigenvalue weighted by molar-refractivity contribution is 0.0949. The third kappa shape index (κ3) is 6.22. The maximum absolute atomic E-state index is 11.9. The fraction of sp³-hybridized carbons (Fsp3) is 0.600. The molecule has 19 heavy (non-hydrogen) atoms. The molecule has 0 aliphatic rings. The third-order valence-electron chi connectivity index (χ3n) is 2.72. The second kappa shape index (κ2) is 7.77. The zero-order valence-electron chi connectivity index (χ0n) is 12.4. The van der Waals surface area contributed by atoms with E-state index in [0.717, 1.165) is 18.8 Å². The van der Waals surface area contributed by atoms with Crippen LogP contribution in [0.1, 0.15) is 44.5 Å². The Kier molecular flexibility index (Phi) is 6.33. The summed E-state index contributed by atoms with van der Waals surface area (Å²) in [4.78, 5) is 16.1. The van der Waals surface area contributed by atoms with E-state index in [0.29, 0.717) is 23.9 Å². The number of hydrogen-bond acceptors (Lipinski definition) is 3. The van der Waals surface area contributed by atoms with Crippen LogP contribution in [0.2, 0.25) is 0 Å². The number of hydrogen-bond donors (Lipinski definition) is 2. The number of aromatic nitrogens is 1. The molecule has 0 bridgehead atoms. The molecule has 0 unspecified atom stereocenters. The van der Waals surface area contributed by atoms with Gasteiger partial charge in [0.05, 0.1) is 0 Å². The molecule has 0 radical (unpaired) electrons. The van der Waals surface area contributed by atoms with E-state index in [-0.39, 0.29) is 5.91 Å². The van der Waals surface area contributed by atoms with Gasteiger partial charge < -0.3 is 10.6 Å². The smallest absolute Gasteiger partial charge is 0.251 e. The first kappa shape index (κ1) is 15.5. The number of pyridine rings is 1. The average Bonchev–Trinajstić information content (AvgIpc) is 2.36. The molecule has 0 fully saturated rings. The van der Waals surface area contributed by atoms with Gasteiger partial charge in [-0.1, -0.05) is 27.7 Å². The highest BCUT2D eigenvalue weighted by Gasteiger charge is 2.07. The zero-order valence-corrected chi connectivity index (χ0v) is 12.4. The molecule has 0 saturated heterocycles. The van der Waals surface area contributed by atoms with Gasteiger partial charge in [0.2, 0.25) is 0 Å². The van der Waals surface area contributed by atoms with Gasteiger partial charge in [-0.2, -0.15) is 0 Å². The average molecular weight is 263 g/mol. The summed E-state index contributed by atoms with van der Waals surface area (Å²) in [7, 11) is 0. The van der Waals surface area contributed by atoms with E-state index >= 15 is 0 Å². The quantitative estimate of drug-likeness (QED) is 0.795. The van der Waals surface area contributed by atoms with Crippen LogP contribution in [-0.2, 0) is 0 Å². The molecule has 0 saturated carbocycles. The molecule has 1 heterocycles. The predicted octanol–water partition coefficient (Wildman–Crippen LogP) is 2.93. The summed E-state index contributed by atoms with van der Waals surface area (Å²) in [5.74, 6) is 1.83. The molecule has 1 aromatic rings. The van der Waals surface area contributed by atoms with Crippen LogP contribution in [0.3, 0.4) is 0 Å². The van der Waals surface area contributed by atoms with E-state index in [1.165, 1.54) is 0 Å². The van der Waals surface area contributed by atoms with Crippen molar-refractivity contribution in [1.82, 2.24) is 10.3 Å². The lowest BCUT2D eigenvalue weighted by atomic mass is 10.1. The molecule has 2 N–H and O–H groups in total. The van der Waals surface area contributed by atoms with Crippen molar-refractivity contribution in [1.29, 1.82) is 0 Å². The number of nitrogens with one attached hydrogen (secondary N) is 2. The van der Waals surface area contributed by atoms with E-state index in [1.807, 2.05) is 0 Å². The first-order valence-corrected chi connectivity index (χ1v) is 6.97. The van der Waals surface area contributed by atoms with Crippen LogP contribution < -0.4 is 10.6 Å². The largest absolute Gasteiger partial charge is 0.370 e. The fourth-order valence-electron chi connectivity index (χ4n) is 1.56.